The maximum Gasteiger partial charge on any atom is 0.492 e. The first kappa shape index (κ1) is 21.2. The smallest absolute Gasteiger partial charge is 0.400 e. The van der Waals surface area contributed by atoms with E-state index in [-0.39, 0.29) is 11.8 Å². The standard InChI is InChI=1S/C20H29BN2O4/c1-14(24)22-13-17(21-26-19(2,3)20(4,5)27-21)12-15-9-8-10-16(11-15)18(25)23(6)7/h8-12H,13H2,1-7H3,(H,22,24). The molecule has 1 aromatic carbocycles. The molecule has 1 aliphatic heterocycles. The number of nitrogens with zero attached hydrogens (tertiary/aromatic N) is 1. The molecule has 1 saturated heterocycles. The average Bonchev–Trinajstić information content (AvgIpc) is 2.78. The third kappa shape index (κ3) is 4.99. The molecule has 0 spiro atoms. The summed E-state index contributed by atoms with van der Waals surface area (Å²) in [5.41, 5.74) is 1.28. The van der Waals surface area contributed by atoms with E-state index in [9.17, 15) is 9.59 Å². The number of nitrogens with one attached hydrogen (secondary N) is 1. The predicted molar refractivity (Wildman–Crippen MR) is 107 cm³/mol. The third-order valence-corrected chi connectivity index (χ3v) is 4.99. The molecule has 0 atom stereocenters. The molecule has 0 aliphatic carbocycles. The second-order valence-electron chi connectivity index (χ2n) is 8.04. The Labute approximate surface area is 162 Å². The highest BCUT2D eigenvalue weighted by molar-refractivity contribution is 6.56. The molecule has 2 rings (SSSR count). The van der Waals surface area contributed by atoms with Gasteiger partial charge in [-0.1, -0.05) is 18.2 Å². The van der Waals surface area contributed by atoms with E-state index >= 15 is 0 Å². The van der Waals surface area contributed by atoms with Gasteiger partial charge in [0.1, 0.15) is 0 Å². The van der Waals surface area contributed by atoms with Crippen LogP contribution in [0.25, 0.3) is 6.08 Å². The monoisotopic (exact) mass is 372 g/mol. The Morgan fingerprint density at radius 3 is 2.26 bits per heavy atom. The molecule has 0 bridgehead atoms. The van der Waals surface area contributed by atoms with Gasteiger partial charge in [-0.3, -0.25) is 9.59 Å². The number of rotatable bonds is 5. The Hall–Kier alpha value is -2.12. The molecule has 0 unspecified atom stereocenters. The minimum atomic E-state index is -0.574. The number of carbonyl (C=O) groups excluding carboxylic acids is 2. The highest BCUT2D eigenvalue weighted by atomic mass is 16.7. The Kier molecular flexibility index (Phi) is 6.17. The minimum absolute atomic E-state index is 0.0655. The van der Waals surface area contributed by atoms with Crippen molar-refractivity contribution in [2.75, 3.05) is 20.6 Å². The zero-order chi connectivity index (χ0) is 20.4. The van der Waals surface area contributed by atoms with Gasteiger partial charge in [0.15, 0.2) is 0 Å². The first-order chi connectivity index (χ1) is 12.4. The van der Waals surface area contributed by atoms with Crippen molar-refractivity contribution in [2.24, 2.45) is 0 Å². The lowest BCUT2D eigenvalue weighted by atomic mass is 9.77. The quantitative estimate of drug-likeness (QED) is 0.807. The Morgan fingerprint density at radius 2 is 1.74 bits per heavy atom. The third-order valence-electron chi connectivity index (χ3n) is 4.99. The van der Waals surface area contributed by atoms with Crippen LogP contribution in [0.15, 0.2) is 29.7 Å². The van der Waals surface area contributed by atoms with Crippen LogP contribution in [-0.2, 0) is 14.1 Å². The topological polar surface area (TPSA) is 67.9 Å². The zero-order valence-corrected chi connectivity index (χ0v) is 17.3. The van der Waals surface area contributed by atoms with Crippen molar-refractivity contribution in [3.63, 3.8) is 0 Å². The highest BCUT2D eigenvalue weighted by Crippen LogP contribution is 2.38. The van der Waals surface area contributed by atoms with Crippen LogP contribution >= 0.6 is 0 Å². The molecule has 2 amide bonds. The maximum atomic E-state index is 12.2. The Bertz CT molecular complexity index is 740. The molecule has 6 nitrogen and oxygen atoms in total. The normalized spacial score (nSPS) is 18.3. The molecule has 1 aliphatic rings. The van der Waals surface area contributed by atoms with Crippen LogP contribution in [0.3, 0.4) is 0 Å². The van der Waals surface area contributed by atoms with Crippen molar-refractivity contribution in [3.05, 3.63) is 40.9 Å². The van der Waals surface area contributed by atoms with Gasteiger partial charge in [-0.25, -0.2) is 0 Å². The number of benzene rings is 1. The van der Waals surface area contributed by atoms with Crippen LogP contribution in [-0.4, -0.2) is 55.7 Å². The van der Waals surface area contributed by atoms with E-state index in [1.807, 2.05) is 52.0 Å². The summed E-state index contributed by atoms with van der Waals surface area (Å²) in [6.45, 7) is 9.72. The summed E-state index contributed by atoms with van der Waals surface area (Å²) in [7, 11) is 2.87. The van der Waals surface area contributed by atoms with Crippen LogP contribution < -0.4 is 5.32 Å². The summed E-state index contributed by atoms with van der Waals surface area (Å²) in [6.07, 6.45) is 1.91. The second-order valence-corrected chi connectivity index (χ2v) is 8.04. The predicted octanol–water partition coefficient (Wildman–Crippen LogP) is 2.54. The van der Waals surface area contributed by atoms with Gasteiger partial charge >= 0.3 is 7.12 Å². The van der Waals surface area contributed by atoms with Crippen LogP contribution in [0.4, 0.5) is 0 Å². The SMILES string of the molecule is CC(=O)NCC(=Cc1cccc(C(=O)N(C)C)c1)B1OC(C)(C)C(C)(C)O1. The van der Waals surface area contributed by atoms with Gasteiger partial charge in [-0.05, 0) is 50.9 Å². The van der Waals surface area contributed by atoms with Gasteiger partial charge in [0.2, 0.25) is 5.91 Å². The van der Waals surface area contributed by atoms with E-state index in [1.54, 1.807) is 20.2 Å². The first-order valence-corrected chi connectivity index (χ1v) is 9.05. The largest absolute Gasteiger partial charge is 0.492 e. The Balaban J connectivity index is 2.36. The van der Waals surface area contributed by atoms with Gasteiger partial charge in [0.05, 0.1) is 11.2 Å². The van der Waals surface area contributed by atoms with Gasteiger partial charge in [0.25, 0.3) is 5.91 Å². The number of carbonyl (C=O) groups is 2. The maximum absolute atomic E-state index is 12.2. The van der Waals surface area contributed by atoms with Crippen molar-refractivity contribution in [1.82, 2.24) is 10.2 Å². The summed E-state index contributed by atoms with van der Waals surface area (Å²) in [5, 5.41) is 2.81. The van der Waals surface area contributed by atoms with Crippen molar-refractivity contribution in [1.29, 1.82) is 0 Å². The fourth-order valence-corrected chi connectivity index (χ4v) is 2.66. The molecule has 1 N–H and O–H groups in total. The lowest BCUT2D eigenvalue weighted by Crippen LogP contribution is -2.41. The van der Waals surface area contributed by atoms with Crippen LogP contribution in [0.1, 0.15) is 50.5 Å². The summed E-state index contributed by atoms with van der Waals surface area (Å²) >= 11 is 0. The van der Waals surface area contributed by atoms with E-state index in [4.69, 9.17) is 9.31 Å². The number of hydrogen-bond donors (Lipinski definition) is 1. The van der Waals surface area contributed by atoms with Gasteiger partial charge < -0.3 is 19.5 Å². The van der Waals surface area contributed by atoms with E-state index in [0.717, 1.165) is 11.0 Å². The minimum Gasteiger partial charge on any atom is -0.400 e. The highest BCUT2D eigenvalue weighted by Gasteiger charge is 2.52. The van der Waals surface area contributed by atoms with Crippen molar-refractivity contribution in [2.45, 2.75) is 45.8 Å². The first-order valence-electron chi connectivity index (χ1n) is 9.05. The van der Waals surface area contributed by atoms with Crippen LogP contribution in [0.5, 0.6) is 0 Å². The zero-order valence-electron chi connectivity index (χ0n) is 17.3. The molecule has 27 heavy (non-hydrogen) atoms. The molecule has 7 heteroatoms. The van der Waals surface area contributed by atoms with Gasteiger partial charge in [0, 0.05) is 33.1 Å². The fraction of sp³-hybridized carbons (Fsp3) is 0.500. The van der Waals surface area contributed by atoms with Gasteiger partial charge in [-0.2, -0.15) is 0 Å². The number of hydrogen-bond acceptors (Lipinski definition) is 4. The molecule has 0 aromatic heterocycles. The van der Waals surface area contributed by atoms with Crippen molar-refractivity contribution >= 4 is 25.0 Å². The molecular formula is C20H29BN2O4. The van der Waals surface area contributed by atoms with Crippen LogP contribution in [0, 0.1) is 0 Å². The summed E-state index contributed by atoms with van der Waals surface area (Å²) < 4.78 is 12.3. The number of amides is 2. The molecule has 1 heterocycles. The molecule has 1 aromatic rings. The van der Waals surface area contributed by atoms with E-state index in [0.29, 0.717) is 12.1 Å². The molecule has 0 radical (unpaired) electrons. The molecular weight excluding hydrogens is 343 g/mol. The molecule has 146 valence electrons. The summed E-state index contributed by atoms with van der Waals surface area (Å²) in [6, 6.07) is 7.34. The molecule has 1 fully saturated rings. The van der Waals surface area contributed by atoms with E-state index in [1.165, 1.54) is 11.8 Å². The van der Waals surface area contributed by atoms with Gasteiger partial charge in [-0.15, -0.1) is 0 Å². The summed E-state index contributed by atoms with van der Waals surface area (Å²) in [4.78, 5) is 25.2. The summed E-state index contributed by atoms with van der Waals surface area (Å²) in [5.74, 6) is -0.196. The van der Waals surface area contributed by atoms with E-state index in [2.05, 4.69) is 5.32 Å². The average molecular weight is 372 g/mol. The Morgan fingerprint density at radius 1 is 1.15 bits per heavy atom. The molecule has 0 saturated carbocycles. The van der Waals surface area contributed by atoms with Crippen molar-refractivity contribution in [3.8, 4) is 0 Å². The lowest BCUT2D eigenvalue weighted by molar-refractivity contribution is -0.118. The second kappa shape index (κ2) is 7.86. The van der Waals surface area contributed by atoms with Crippen molar-refractivity contribution < 1.29 is 18.9 Å². The lowest BCUT2D eigenvalue weighted by Gasteiger charge is -2.32. The van der Waals surface area contributed by atoms with Crippen LogP contribution in [0.2, 0.25) is 0 Å². The fourth-order valence-electron chi connectivity index (χ4n) is 2.66. The van der Waals surface area contributed by atoms with E-state index < -0.39 is 18.3 Å².